The number of benzene rings is 4. The molecule has 0 fully saturated rings. The van der Waals surface area contributed by atoms with Gasteiger partial charge in [0.05, 0.1) is 5.56 Å². The Morgan fingerprint density at radius 3 is 1.88 bits per heavy atom. The minimum atomic E-state index is -3.86. The summed E-state index contributed by atoms with van der Waals surface area (Å²) in [6, 6.07) is 14.1. The van der Waals surface area contributed by atoms with E-state index in [4.69, 9.17) is 4.74 Å². The first-order valence-corrected chi connectivity index (χ1v) is 12.5. The van der Waals surface area contributed by atoms with Crippen molar-refractivity contribution >= 4 is 0 Å². The third-order valence-electron chi connectivity index (χ3n) is 6.18. The van der Waals surface area contributed by atoms with E-state index in [1.54, 1.807) is 0 Å². The molecule has 10 heteroatoms. The highest BCUT2D eigenvalue weighted by molar-refractivity contribution is 5.67. The Hall–Kier alpha value is -4.60. The molecule has 218 valence electrons. The predicted octanol–water partition coefficient (Wildman–Crippen LogP) is 10.5. The number of halogens is 8. The van der Waals surface area contributed by atoms with Gasteiger partial charge in [0, 0.05) is 11.6 Å². The SMILES string of the molecule is CC=CCCc1ccc(-c2ccc(C(F)(F)Oc3ccc(-c4cc(F)c(OC(F)=C(F)F)c(F)c4)c(F)c3)cc2)cc1. The largest absolute Gasteiger partial charge is 0.429 e. The zero-order valence-corrected chi connectivity index (χ0v) is 21.9. The Labute approximate surface area is 236 Å². The molecule has 0 amide bonds. The Morgan fingerprint density at radius 1 is 0.738 bits per heavy atom. The fourth-order valence-corrected chi connectivity index (χ4v) is 4.08. The van der Waals surface area contributed by atoms with Gasteiger partial charge in [0.2, 0.25) is 5.75 Å². The van der Waals surface area contributed by atoms with Crippen molar-refractivity contribution in [2.24, 2.45) is 0 Å². The highest BCUT2D eigenvalue weighted by Gasteiger charge is 2.34. The molecule has 0 unspecified atom stereocenters. The molecule has 0 radical (unpaired) electrons. The van der Waals surface area contributed by atoms with Gasteiger partial charge in [0.15, 0.2) is 11.6 Å². The molecule has 4 aromatic rings. The van der Waals surface area contributed by atoms with Crippen LogP contribution in [-0.4, -0.2) is 0 Å². The van der Waals surface area contributed by atoms with Crippen molar-refractivity contribution in [1.82, 2.24) is 0 Å². The minimum Gasteiger partial charge on any atom is -0.429 e. The third-order valence-corrected chi connectivity index (χ3v) is 6.18. The lowest BCUT2D eigenvalue weighted by Crippen LogP contribution is -2.21. The van der Waals surface area contributed by atoms with Gasteiger partial charge in [-0.2, -0.15) is 22.0 Å². The molecular formula is C32H22F8O2. The van der Waals surface area contributed by atoms with Gasteiger partial charge in [-0.25, -0.2) is 13.2 Å². The number of aryl methyl sites for hydroxylation is 1. The van der Waals surface area contributed by atoms with Crippen LogP contribution in [0.4, 0.5) is 35.1 Å². The molecule has 0 atom stereocenters. The summed E-state index contributed by atoms with van der Waals surface area (Å²) in [6.07, 6.45) is -0.947. The van der Waals surface area contributed by atoms with Gasteiger partial charge in [0.1, 0.15) is 11.6 Å². The molecule has 0 bridgehead atoms. The van der Waals surface area contributed by atoms with E-state index in [2.05, 4.69) is 10.8 Å². The fourth-order valence-electron chi connectivity index (χ4n) is 4.08. The number of hydrogen-bond donors (Lipinski definition) is 0. The monoisotopic (exact) mass is 590 g/mol. The summed E-state index contributed by atoms with van der Waals surface area (Å²) in [4.78, 5) is 0. The maximum absolute atomic E-state index is 14.9. The molecule has 42 heavy (non-hydrogen) atoms. The second kappa shape index (κ2) is 12.9. The maximum atomic E-state index is 14.9. The molecule has 0 aliphatic rings. The smallest absolute Gasteiger partial charge is 0.426 e. The molecule has 2 nitrogen and oxygen atoms in total. The number of allylic oxidation sites excluding steroid dienone is 2. The maximum Gasteiger partial charge on any atom is 0.426 e. The van der Waals surface area contributed by atoms with Crippen molar-refractivity contribution in [2.75, 3.05) is 0 Å². The van der Waals surface area contributed by atoms with Gasteiger partial charge >= 0.3 is 18.2 Å². The fraction of sp³-hybridized carbons (Fsp3) is 0.125. The molecule has 0 saturated heterocycles. The van der Waals surface area contributed by atoms with Crippen LogP contribution in [0.1, 0.15) is 24.5 Å². The standard InChI is InChI=1S/C32H22F8O2/c1-2-3-4-5-19-6-8-20(9-7-19)21-10-12-23(13-11-21)32(39,40)42-24-14-15-25(26(33)18-24)22-16-27(34)29(28(35)17-22)41-31(38)30(36)37/h2-3,6-18H,4-5H2,1H3. The first-order valence-electron chi connectivity index (χ1n) is 12.5. The van der Waals surface area contributed by atoms with Gasteiger partial charge in [-0.05, 0) is 78.4 Å². The van der Waals surface area contributed by atoms with Crippen LogP contribution in [0.25, 0.3) is 22.3 Å². The van der Waals surface area contributed by atoms with Crippen LogP contribution in [0.3, 0.4) is 0 Å². The molecular weight excluding hydrogens is 568 g/mol. The van der Waals surface area contributed by atoms with Crippen molar-refractivity contribution in [3.63, 3.8) is 0 Å². The molecule has 4 rings (SSSR count). The highest BCUT2D eigenvalue weighted by atomic mass is 19.3. The zero-order valence-electron chi connectivity index (χ0n) is 21.9. The minimum absolute atomic E-state index is 0.431. The lowest BCUT2D eigenvalue weighted by Gasteiger charge is -2.19. The lowest BCUT2D eigenvalue weighted by atomic mass is 10.0. The van der Waals surface area contributed by atoms with Crippen molar-refractivity contribution in [1.29, 1.82) is 0 Å². The van der Waals surface area contributed by atoms with Crippen LogP contribution in [0, 0.1) is 17.5 Å². The van der Waals surface area contributed by atoms with Gasteiger partial charge in [0.25, 0.3) is 0 Å². The van der Waals surface area contributed by atoms with Gasteiger partial charge in [-0.3, -0.25) is 0 Å². The van der Waals surface area contributed by atoms with Crippen LogP contribution < -0.4 is 9.47 Å². The molecule has 0 spiro atoms. The summed E-state index contributed by atoms with van der Waals surface area (Å²) in [6.45, 7) is 1.95. The first-order chi connectivity index (χ1) is 20.0. The lowest BCUT2D eigenvalue weighted by molar-refractivity contribution is -0.185. The number of ether oxygens (including phenoxy) is 2. The molecule has 4 aromatic carbocycles. The van der Waals surface area contributed by atoms with Gasteiger partial charge < -0.3 is 9.47 Å². The van der Waals surface area contributed by atoms with Crippen molar-refractivity contribution in [3.8, 4) is 33.8 Å². The summed E-state index contributed by atoms with van der Waals surface area (Å²) < 4.78 is 119. The second-order valence-corrected chi connectivity index (χ2v) is 9.05. The van der Waals surface area contributed by atoms with E-state index in [0.29, 0.717) is 23.8 Å². The van der Waals surface area contributed by atoms with E-state index in [0.717, 1.165) is 36.1 Å². The molecule has 0 N–H and O–H groups in total. The van der Waals surface area contributed by atoms with E-state index in [1.807, 2.05) is 37.3 Å². The number of rotatable bonds is 10. The Morgan fingerprint density at radius 2 is 1.33 bits per heavy atom. The van der Waals surface area contributed by atoms with Crippen LogP contribution in [-0.2, 0) is 12.5 Å². The first kappa shape index (κ1) is 30.4. The average molecular weight is 591 g/mol. The van der Waals surface area contributed by atoms with Crippen molar-refractivity contribution in [3.05, 3.63) is 132 Å². The van der Waals surface area contributed by atoms with Gasteiger partial charge in [-0.15, -0.1) is 0 Å². The molecule has 0 aliphatic carbocycles. The van der Waals surface area contributed by atoms with Crippen LogP contribution in [0.2, 0.25) is 0 Å². The summed E-state index contributed by atoms with van der Waals surface area (Å²) >= 11 is 0. The average Bonchev–Trinajstić information content (AvgIpc) is 2.95. The molecule has 0 aromatic heterocycles. The summed E-state index contributed by atoms with van der Waals surface area (Å²) in [5.74, 6) is -6.42. The van der Waals surface area contributed by atoms with E-state index in [1.165, 1.54) is 24.3 Å². The summed E-state index contributed by atoms with van der Waals surface area (Å²) in [5, 5.41) is 0. The van der Waals surface area contributed by atoms with Gasteiger partial charge in [-0.1, -0.05) is 48.6 Å². The quantitative estimate of drug-likeness (QED) is 0.104. The van der Waals surface area contributed by atoms with Crippen molar-refractivity contribution < 1.29 is 44.6 Å². The Balaban J connectivity index is 1.48. The number of alkyl halides is 2. The Kier molecular flexibility index (Phi) is 9.35. The molecule has 0 heterocycles. The third kappa shape index (κ3) is 7.18. The van der Waals surface area contributed by atoms with E-state index >= 15 is 0 Å². The van der Waals surface area contributed by atoms with E-state index in [-0.39, 0.29) is 0 Å². The predicted molar refractivity (Wildman–Crippen MR) is 142 cm³/mol. The number of hydrogen-bond acceptors (Lipinski definition) is 2. The van der Waals surface area contributed by atoms with Crippen LogP contribution in [0.5, 0.6) is 11.5 Å². The van der Waals surface area contributed by atoms with Crippen molar-refractivity contribution in [2.45, 2.75) is 25.9 Å². The van der Waals surface area contributed by atoms with Crippen LogP contribution in [0.15, 0.2) is 103 Å². The second-order valence-electron chi connectivity index (χ2n) is 9.05. The molecule has 0 saturated carbocycles. The van der Waals surface area contributed by atoms with E-state index < -0.39 is 63.8 Å². The summed E-state index contributed by atoms with van der Waals surface area (Å²) in [5.41, 5.74) is 1.33. The normalized spacial score (nSPS) is 11.5. The highest BCUT2D eigenvalue weighted by Crippen LogP contribution is 2.36. The zero-order chi connectivity index (χ0) is 30.4. The van der Waals surface area contributed by atoms with E-state index in [9.17, 15) is 35.1 Å². The Bertz CT molecular complexity index is 1580. The topological polar surface area (TPSA) is 18.5 Å². The molecule has 0 aliphatic heterocycles. The van der Waals surface area contributed by atoms with Crippen LogP contribution >= 0.6 is 0 Å². The summed E-state index contributed by atoms with van der Waals surface area (Å²) in [7, 11) is 0.